The third-order valence-electron chi connectivity index (χ3n) is 6.48. The summed E-state index contributed by atoms with van der Waals surface area (Å²) in [7, 11) is 6.78. The third kappa shape index (κ3) is 4.59. The largest absolute Gasteiger partial charge is 0.493 e. The molecule has 0 saturated carbocycles. The van der Waals surface area contributed by atoms with Gasteiger partial charge in [-0.25, -0.2) is 9.97 Å². The summed E-state index contributed by atoms with van der Waals surface area (Å²) in [5.74, 6) is 2.70. The average Bonchev–Trinajstić information content (AvgIpc) is 3.37. The van der Waals surface area contributed by atoms with Gasteiger partial charge in [-0.1, -0.05) is 0 Å². The smallest absolute Gasteiger partial charge is 0.308 e. The number of rotatable bonds is 7. The fourth-order valence-corrected chi connectivity index (χ4v) is 4.51. The van der Waals surface area contributed by atoms with E-state index in [9.17, 15) is 4.79 Å². The summed E-state index contributed by atoms with van der Waals surface area (Å²) in [6, 6.07) is 4.22. The van der Waals surface area contributed by atoms with Crippen molar-refractivity contribution in [2.24, 2.45) is 5.92 Å². The molecular formula is C23H32N4O5. The van der Waals surface area contributed by atoms with Crippen LogP contribution >= 0.6 is 0 Å². The summed E-state index contributed by atoms with van der Waals surface area (Å²) in [4.78, 5) is 26.3. The van der Waals surface area contributed by atoms with Crippen molar-refractivity contribution in [1.29, 1.82) is 0 Å². The Morgan fingerprint density at radius 1 is 1.12 bits per heavy atom. The van der Waals surface area contributed by atoms with E-state index in [1.165, 1.54) is 7.11 Å². The first kappa shape index (κ1) is 22.5. The highest BCUT2D eigenvalue weighted by Gasteiger charge is 2.28. The highest BCUT2D eigenvalue weighted by atomic mass is 16.5. The van der Waals surface area contributed by atoms with E-state index in [2.05, 4.69) is 16.8 Å². The number of fused-ring (bicyclic) bond motifs is 1. The summed E-state index contributed by atoms with van der Waals surface area (Å²) in [5.41, 5.74) is 0.814. The molecule has 174 valence electrons. The van der Waals surface area contributed by atoms with Crippen molar-refractivity contribution in [3.63, 3.8) is 0 Å². The van der Waals surface area contributed by atoms with Gasteiger partial charge in [0.25, 0.3) is 0 Å². The Labute approximate surface area is 188 Å². The quantitative estimate of drug-likeness (QED) is 0.597. The van der Waals surface area contributed by atoms with Gasteiger partial charge >= 0.3 is 5.97 Å². The van der Waals surface area contributed by atoms with Crippen molar-refractivity contribution in [2.75, 3.05) is 59.6 Å². The zero-order chi connectivity index (χ0) is 22.7. The van der Waals surface area contributed by atoms with Crippen molar-refractivity contribution in [2.45, 2.75) is 31.8 Å². The fourth-order valence-electron chi connectivity index (χ4n) is 4.51. The maximum Gasteiger partial charge on any atom is 0.308 e. The summed E-state index contributed by atoms with van der Waals surface area (Å²) in [6.45, 7) is 3.62. The van der Waals surface area contributed by atoms with Crippen molar-refractivity contribution >= 4 is 22.7 Å². The maximum atomic E-state index is 12.0. The summed E-state index contributed by atoms with van der Waals surface area (Å²) < 4.78 is 21.5. The van der Waals surface area contributed by atoms with Crippen LogP contribution in [0.15, 0.2) is 12.1 Å². The number of aromatic nitrogens is 2. The Hall–Kier alpha value is -2.65. The van der Waals surface area contributed by atoms with Gasteiger partial charge in [0.1, 0.15) is 11.6 Å². The van der Waals surface area contributed by atoms with Gasteiger partial charge in [0.2, 0.25) is 0 Å². The number of likely N-dealkylation sites (N-methyl/N-ethyl adjacent to an activating group) is 1. The van der Waals surface area contributed by atoms with E-state index in [-0.39, 0.29) is 11.9 Å². The minimum absolute atomic E-state index is 0.0630. The van der Waals surface area contributed by atoms with Crippen molar-refractivity contribution in [1.82, 2.24) is 14.9 Å². The topological polar surface area (TPSA) is 86.3 Å². The van der Waals surface area contributed by atoms with Gasteiger partial charge in [0, 0.05) is 37.2 Å². The van der Waals surface area contributed by atoms with Crippen LogP contribution in [0, 0.1) is 5.92 Å². The predicted octanol–water partition coefficient (Wildman–Crippen LogP) is 2.26. The van der Waals surface area contributed by atoms with E-state index in [1.54, 1.807) is 14.2 Å². The van der Waals surface area contributed by atoms with Crippen molar-refractivity contribution in [3.8, 4) is 11.5 Å². The molecule has 1 atom stereocenters. The Morgan fingerprint density at radius 3 is 2.47 bits per heavy atom. The van der Waals surface area contributed by atoms with Gasteiger partial charge < -0.3 is 23.8 Å². The number of benzene rings is 1. The molecule has 1 aromatic heterocycles. The molecule has 4 rings (SSSR count). The van der Waals surface area contributed by atoms with Crippen LogP contribution in [-0.4, -0.2) is 81.6 Å². The van der Waals surface area contributed by atoms with Gasteiger partial charge in [-0.15, -0.1) is 0 Å². The first-order chi connectivity index (χ1) is 15.5. The molecule has 0 amide bonds. The number of hydrogen-bond acceptors (Lipinski definition) is 9. The van der Waals surface area contributed by atoms with E-state index >= 15 is 0 Å². The second-order valence-corrected chi connectivity index (χ2v) is 8.40. The zero-order valence-electron chi connectivity index (χ0n) is 19.3. The molecule has 9 nitrogen and oxygen atoms in total. The molecule has 32 heavy (non-hydrogen) atoms. The Bertz CT molecular complexity index is 955. The number of piperidine rings is 1. The molecule has 0 bridgehead atoms. The number of esters is 1. The highest BCUT2D eigenvalue weighted by molar-refractivity contribution is 5.92. The molecular weight excluding hydrogens is 412 g/mol. The molecule has 0 N–H and O–H groups in total. The van der Waals surface area contributed by atoms with E-state index in [0.29, 0.717) is 24.1 Å². The number of nitrogens with zero attached hydrogens (tertiary/aromatic N) is 4. The van der Waals surface area contributed by atoms with Gasteiger partial charge in [-0.05, 0) is 32.4 Å². The first-order valence-electron chi connectivity index (χ1n) is 11.1. The zero-order valence-corrected chi connectivity index (χ0v) is 19.3. The van der Waals surface area contributed by atoms with Crippen LogP contribution < -0.4 is 14.4 Å². The summed E-state index contributed by atoms with van der Waals surface area (Å²) in [5, 5.41) is 0.912. The number of ether oxygens (including phenoxy) is 4. The molecule has 0 unspecified atom stereocenters. The van der Waals surface area contributed by atoms with Crippen LogP contribution in [0.4, 0.5) is 5.82 Å². The van der Waals surface area contributed by atoms with E-state index in [4.69, 9.17) is 28.9 Å². The monoisotopic (exact) mass is 444 g/mol. The summed E-state index contributed by atoms with van der Waals surface area (Å²) in [6.07, 6.45) is 2.49. The molecule has 0 aliphatic carbocycles. The van der Waals surface area contributed by atoms with Gasteiger partial charge in [0.05, 0.1) is 45.9 Å². The normalized spacial score (nSPS) is 19.5. The minimum atomic E-state index is -0.135. The molecule has 2 aliphatic rings. The summed E-state index contributed by atoms with van der Waals surface area (Å²) >= 11 is 0. The molecule has 2 aromatic rings. The highest BCUT2D eigenvalue weighted by Crippen LogP contribution is 2.36. The van der Waals surface area contributed by atoms with Crippen LogP contribution in [0.3, 0.4) is 0 Å². The van der Waals surface area contributed by atoms with Crippen LogP contribution in [0.25, 0.3) is 10.9 Å². The average molecular weight is 445 g/mol. The standard InChI is InChI=1S/C23H32N4O5/c1-26(16-7-10-32-14-16)13-21-24-18-12-20(30-3)19(29-2)11-17(18)22(25-21)27-8-5-15(6-9-27)23(28)31-4/h11-12,15-16H,5-10,13-14H2,1-4H3/t16-/m0/s1. The Balaban J connectivity index is 1.68. The lowest BCUT2D eigenvalue weighted by Gasteiger charge is -2.32. The molecule has 1 aromatic carbocycles. The number of carbonyl (C=O) groups is 1. The van der Waals surface area contributed by atoms with Crippen LogP contribution in [0.2, 0.25) is 0 Å². The van der Waals surface area contributed by atoms with E-state index in [0.717, 1.165) is 68.1 Å². The lowest BCUT2D eigenvalue weighted by atomic mass is 9.97. The first-order valence-corrected chi connectivity index (χ1v) is 11.1. The van der Waals surface area contributed by atoms with E-state index in [1.807, 2.05) is 12.1 Å². The number of anilines is 1. The van der Waals surface area contributed by atoms with Crippen LogP contribution in [0.1, 0.15) is 25.1 Å². The number of hydrogen-bond donors (Lipinski definition) is 0. The van der Waals surface area contributed by atoms with Gasteiger partial charge in [-0.2, -0.15) is 0 Å². The van der Waals surface area contributed by atoms with Gasteiger partial charge in [-0.3, -0.25) is 9.69 Å². The van der Waals surface area contributed by atoms with E-state index < -0.39 is 0 Å². The second-order valence-electron chi connectivity index (χ2n) is 8.40. The van der Waals surface area contributed by atoms with Crippen LogP contribution in [-0.2, 0) is 20.8 Å². The number of carbonyl (C=O) groups excluding carboxylic acids is 1. The molecule has 2 saturated heterocycles. The Morgan fingerprint density at radius 2 is 1.84 bits per heavy atom. The lowest BCUT2D eigenvalue weighted by molar-refractivity contribution is -0.146. The molecule has 0 spiro atoms. The predicted molar refractivity (Wildman–Crippen MR) is 120 cm³/mol. The SMILES string of the molecule is COC(=O)C1CCN(c2nc(CN(C)[C@H]3CCOC3)nc3cc(OC)c(OC)cc23)CC1. The molecule has 2 fully saturated rings. The fraction of sp³-hybridized carbons (Fsp3) is 0.609. The maximum absolute atomic E-state index is 12.0. The van der Waals surface area contributed by atoms with Crippen molar-refractivity contribution in [3.05, 3.63) is 18.0 Å². The van der Waals surface area contributed by atoms with Crippen LogP contribution in [0.5, 0.6) is 11.5 Å². The van der Waals surface area contributed by atoms with Crippen molar-refractivity contribution < 1.29 is 23.7 Å². The minimum Gasteiger partial charge on any atom is -0.493 e. The second kappa shape index (κ2) is 9.87. The molecule has 2 aliphatic heterocycles. The number of methoxy groups -OCH3 is 3. The molecule has 3 heterocycles. The molecule has 0 radical (unpaired) electrons. The lowest BCUT2D eigenvalue weighted by Crippen LogP contribution is -2.37. The third-order valence-corrected chi connectivity index (χ3v) is 6.48. The molecule has 9 heteroatoms. The Kier molecular flexibility index (Phi) is 6.95. The van der Waals surface area contributed by atoms with Gasteiger partial charge in [0.15, 0.2) is 11.5 Å².